The molecule has 0 saturated carbocycles. The zero-order chi connectivity index (χ0) is 17.4. The number of rotatable bonds is 4. The van der Waals surface area contributed by atoms with Gasteiger partial charge in [-0.05, 0) is 18.6 Å². The summed E-state index contributed by atoms with van der Waals surface area (Å²) >= 11 is 18.4. The molecule has 0 bridgehead atoms. The van der Waals surface area contributed by atoms with Gasteiger partial charge in [-0.1, -0.05) is 48.1 Å². The highest BCUT2D eigenvalue weighted by molar-refractivity contribution is 6.48. The lowest BCUT2D eigenvalue weighted by atomic mass is 9.97. The summed E-state index contributed by atoms with van der Waals surface area (Å²) in [5.74, 6) is 0.385. The van der Waals surface area contributed by atoms with Crippen LogP contribution >= 0.6 is 34.8 Å². The zero-order valence-corrected chi connectivity index (χ0v) is 15.0. The van der Waals surface area contributed by atoms with E-state index in [0.29, 0.717) is 28.5 Å². The average molecular weight is 384 g/mol. The van der Waals surface area contributed by atoms with Gasteiger partial charge in [-0.25, -0.2) is 4.68 Å². The predicted molar refractivity (Wildman–Crippen MR) is 94.1 cm³/mol. The number of nitrogens with zero attached hydrogens (tertiary/aromatic N) is 4. The molecule has 1 aliphatic rings. The number of hydrogen-bond donors (Lipinski definition) is 0. The smallest absolute Gasteiger partial charge is 0.230 e. The van der Waals surface area contributed by atoms with Gasteiger partial charge in [0, 0.05) is 12.5 Å². The third kappa shape index (κ3) is 2.65. The van der Waals surface area contributed by atoms with E-state index < -0.39 is 0 Å². The molecule has 0 spiro atoms. The van der Waals surface area contributed by atoms with Crippen LogP contribution in [0.1, 0.15) is 31.7 Å². The van der Waals surface area contributed by atoms with Gasteiger partial charge in [0.15, 0.2) is 5.82 Å². The molecule has 1 saturated heterocycles. The van der Waals surface area contributed by atoms with Crippen LogP contribution in [0.15, 0.2) is 18.3 Å². The van der Waals surface area contributed by atoms with Gasteiger partial charge in [-0.15, -0.1) is 0 Å². The molecule has 1 amide bonds. The van der Waals surface area contributed by atoms with Gasteiger partial charge in [-0.3, -0.25) is 9.69 Å². The molecule has 24 heavy (non-hydrogen) atoms. The van der Waals surface area contributed by atoms with Crippen LogP contribution in [-0.2, 0) is 4.79 Å². The molecule has 1 fully saturated rings. The number of carbonyl (C=O) groups excluding carboxylic acids is 1. The van der Waals surface area contributed by atoms with Gasteiger partial charge in [-0.2, -0.15) is 10.4 Å². The molecule has 2 aromatic rings. The van der Waals surface area contributed by atoms with E-state index >= 15 is 0 Å². The largest absolute Gasteiger partial charge is 0.292 e. The van der Waals surface area contributed by atoms with E-state index in [9.17, 15) is 10.1 Å². The monoisotopic (exact) mass is 382 g/mol. The summed E-state index contributed by atoms with van der Waals surface area (Å²) in [6.45, 7) is 2.05. The number of carbonyl (C=O) groups is 1. The number of amides is 1. The molecule has 1 unspecified atom stereocenters. The first-order valence-corrected chi connectivity index (χ1v) is 8.57. The third-order valence-corrected chi connectivity index (χ3v) is 5.29. The van der Waals surface area contributed by atoms with Crippen molar-refractivity contribution in [2.45, 2.75) is 32.2 Å². The summed E-state index contributed by atoms with van der Waals surface area (Å²) in [7, 11) is 0. The predicted octanol–water partition coefficient (Wildman–Crippen LogP) is 4.61. The Bertz CT molecular complexity index is 856. The van der Waals surface area contributed by atoms with Gasteiger partial charge in [0.2, 0.25) is 5.91 Å². The molecule has 5 nitrogen and oxygen atoms in total. The minimum absolute atomic E-state index is 0.0390. The van der Waals surface area contributed by atoms with Crippen LogP contribution in [-0.4, -0.2) is 21.7 Å². The Kier molecular flexibility index (Phi) is 4.73. The standard InChI is InChI=1S/C16H13Cl3N4O/c1-2-3-10-6-13(24)22(10)16-9(7-20)8-21-23(16)12-5-4-11(17)14(18)15(12)19/h4-5,8,10H,2-3,6H2,1H3. The molecule has 8 heteroatoms. The Balaban J connectivity index is 2.15. The van der Waals surface area contributed by atoms with Crippen molar-refractivity contribution in [2.24, 2.45) is 0 Å². The van der Waals surface area contributed by atoms with Crippen LogP contribution in [0.2, 0.25) is 15.1 Å². The van der Waals surface area contributed by atoms with Crippen molar-refractivity contribution < 1.29 is 4.79 Å². The van der Waals surface area contributed by atoms with Gasteiger partial charge in [0.05, 0.1) is 27.0 Å². The fourth-order valence-corrected chi connectivity index (χ4v) is 3.46. The average Bonchev–Trinajstić information content (AvgIpc) is 2.95. The maximum Gasteiger partial charge on any atom is 0.230 e. The van der Waals surface area contributed by atoms with Crippen LogP contribution in [0.25, 0.3) is 5.69 Å². The molecule has 0 aliphatic carbocycles. The number of anilines is 1. The van der Waals surface area contributed by atoms with Crippen molar-refractivity contribution in [3.8, 4) is 11.8 Å². The molecule has 1 atom stereocenters. The number of benzene rings is 1. The summed E-state index contributed by atoms with van der Waals surface area (Å²) < 4.78 is 1.48. The van der Waals surface area contributed by atoms with E-state index in [4.69, 9.17) is 34.8 Å². The van der Waals surface area contributed by atoms with Gasteiger partial charge >= 0.3 is 0 Å². The van der Waals surface area contributed by atoms with Crippen LogP contribution in [0.4, 0.5) is 5.82 Å². The number of halogens is 3. The van der Waals surface area contributed by atoms with Crippen LogP contribution in [0.3, 0.4) is 0 Å². The zero-order valence-electron chi connectivity index (χ0n) is 12.8. The summed E-state index contributed by atoms with van der Waals surface area (Å²) in [6, 6.07) is 5.41. The molecule has 3 rings (SSSR count). The molecule has 1 aromatic heterocycles. The number of nitriles is 1. The molecule has 1 aliphatic heterocycles. The Labute approximate surface area is 154 Å². The topological polar surface area (TPSA) is 61.9 Å². The van der Waals surface area contributed by atoms with Crippen molar-refractivity contribution in [1.82, 2.24) is 9.78 Å². The highest BCUT2D eigenvalue weighted by Crippen LogP contribution is 2.39. The van der Waals surface area contributed by atoms with Crippen LogP contribution < -0.4 is 4.90 Å². The molecule has 2 heterocycles. The SMILES string of the molecule is CCCC1CC(=O)N1c1c(C#N)cnn1-c1ccc(Cl)c(Cl)c1Cl. The van der Waals surface area contributed by atoms with Crippen molar-refractivity contribution in [3.05, 3.63) is 39.0 Å². The quantitative estimate of drug-likeness (QED) is 0.572. The van der Waals surface area contributed by atoms with Crippen molar-refractivity contribution in [1.29, 1.82) is 5.26 Å². The molecule has 0 radical (unpaired) electrons. The Morgan fingerprint density at radius 1 is 1.33 bits per heavy atom. The molecular formula is C16H13Cl3N4O. The second-order valence-electron chi connectivity index (χ2n) is 5.51. The van der Waals surface area contributed by atoms with Crippen LogP contribution in [0, 0.1) is 11.3 Å². The van der Waals surface area contributed by atoms with Crippen molar-refractivity contribution in [2.75, 3.05) is 4.90 Å². The highest BCUT2D eigenvalue weighted by Gasteiger charge is 2.40. The maximum absolute atomic E-state index is 12.2. The Hall–Kier alpha value is -1.74. The fraction of sp³-hybridized carbons (Fsp3) is 0.312. The minimum Gasteiger partial charge on any atom is -0.292 e. The molecule has 0 N–H and O–H groups in total. The molecule has 1 aromatic carbocycles. The lowest BCUT2D eigenvalue weighted by molar-refractivity contribution is -0.124. The molecule has 124 valence electrons. The first-order chi connectivity index (χ1) is 11.5. The van der Waals surface area contributed by atoms with E-state index in [2.05, 4.69) is 18.1 Å². The van der Waals surface area contributed by atoms with E-state index in [0.717, 1.165) is 12.8 Å². The second kappa shape index (κ2) is 6.64. The lowest BCUT2D eigenvalue weighted by Gasteiger charge is -2.40. The third-order valence-electron chi connectivity index (χ3n) is 4.00. The summed E-state index contributed by atoms with van der Waals surface area (Å²) in [6.07, 6.45) is 3.69. The number of β-lactam (4-membered cyclic amide) rings is 1. The van der Waals surface area contributed by atoms with E-state index in [1.54, 1.807) is 17.0 Å². The maximum atomic E-state index is 12.2. The number of aromatic nitrogens is 2. The van der Waals surface area contributed by atoms with Crippen LogP contribution in [0.5, 0.6) is 0 Å². The van der Waals surface area contributed by atoms with Crippen molar-refractivity contribution in [3.63, 3.8) is 0 Å². The summed E-state index contributed by atoms with van der Waals surface area (Å²) in [5, 5.41) is 14.4. The van der Waals surface area contributed by atoms with Gasteiger partial charge < -0.3 is 0 Å². The van der Waals surface area contributed by atoms with E-state index in [1.807, 2.05) is 0 Å². The normalized spacial score (nSPS) is 16.9. The lowest BCUT2D eigenvalue weighted by Crippen LogP contribution is -2.53. The summed E-state index contributed by atoms with van der Waals surface area (Å²) in [5.41, 5.74) is 0.781. The van der Waals surface area contributed by atoms with Gasteiger partial charge in [0.25, 0.3) is 0 Å². The second-order valence-corrected chi connectivity index (χ2v) is 6.67. The Morgan fingerprint density at radius 2 is 2.08 bits per heavy atom. The Morgan fingerprint density at radius 3 is 2.71 bits per heavy atom. The van der Waals surface area contributed by atoms with Gasteiger partial charge in [0.1, 0.15) is 11.6 Å². The number of hydrogen-bond acceptors (Lipinski definition) is 3. The van der Waals surface area contributed by atoms with E-state index in [-0.39, 0.29) is 22.0 Å². The first kappa shape index (κ1) is 17.1. The fourth-order valence-electron chi connectivity index (χ4n) is 2.85. The molecular weight excluding hydrogens is 371 g/mol. The first-order valence-electron chi connectivity index (χ1n) is 7.43. The van der Waals surface area contributed by atoms with Crippen molar-refractivity contribution >= 4 is 46.5 Å². The minimum atomic E-state index is -0.0390. The summed E-state index contributed by atoms with van der Waals surface area (Å²) in [4.78, 5) is 13.8. The highest BCUT2D eigenvalue weighted by atomic mass is 35.5. The van der Waals surface area contributed by atoms with E-state index in [1.165, 1.54) is 10.9 Å².